The van der Waals surface area contributed by atoms with Gasteiger partial charge < -0.3 is 19.5 Å². The number of aliphatic carboxylic acids is 1. The number of amides is 1. The third kappa shape index (κ3) is 5.33. The van der Waals surface area contributed by atoms with Crippen LogP contribution in [-0.2, 0) is 16.0 Å². The zero-order valence-corrected chi connectivity index (χ0v) is 12.6. The fourth-order valence-electron chi connectivity index (χ4n) is 1.96. The van der Waals surface area contributed by atoms with Crippen LogP contribution in [0.2, 0.25) is 0 Å². The number of rotatable bonds is 8. The molecular formula is C15H21NO5. The van der Waals surface area contributed by atoms with Crippen molar-refractivity contribution in [2.45, 2.75) is 19.8 Å². The molecule has 0 unspecified atom stereocenters. The van der Waals surface area contributed by atoms with Gasteiger partial charge in [-0.3, -0.25) is 9.59 Å². The smallest absolute Gasteiger partial charge is 0.305 e. The maximum Gasteiger partial charge on any atom is 0.305 e. The molecule has 116 valence electrons. The predicted octanol–water partition coefficient (Wildman–Crippen LogP) is 1.57. The minimum Gasteiger partial charge on any atom is -0.493 e. The third-order valence-corrected chi connectivity index (χ3v) is 3.16. The van der Waals surface area contributed by atoms with Crippen LogP contribution in [-0.4, -0.2) is 49.2 Å². The molecule has 0 aliphatic rings. The Hall–Kier alpha value is -2.24. The Balaban J connectivity index is 2.67. The topological polar surface area (TPSA) is 76.1 Å². The molecule has 0 atom stereocenters. The average molecular weight is 295 g/mol. The second-order valence-electron chi connectivity index (χ2n) is 4.59. The maximum atomic E-state index is 11.5. The number of carboxylic acids is 1. The Morgan fingerprint density at radius 1 is 1.14 bits per heavy atom. The monoisotopic (exact) mass is 295 g/mol. The van der Waals surface area contributed by atoms with Gasteiger partial charge in [0.2, 0.25) is 5.91 Å². The molecule has 1 aromatic carbocycles. The number of carbonyl (C=O) groups is 2. The van der Waals surface area contributed by atoms with Gasteiger partial charge in [-0.2, -0.15) is 0 Å². The fourth-order valence-corrected chi connectivity index (χ4v) is 1.96. The molecule has 1 amide bonds. The molecule has 0 radical (unpaired) electrons. The first-order valence-corrected chi connectivity index (χ1v) is 6.66. The predicted molar refractivity (Wildman–Crippen MR) is 77.8 cm³/mol. The van der Waals surface area contributed by atoms with Crippen molar-refractivity contribution < 1.29 is 24.2 Å². The Morgan fingerprint density at radius 3 is 2.33 bits per heavy atom. The summed E-state index contributed by atoms with van der Waals surface area (Å²) in [7, 11) is 3.14. The molecule has 0 aliphatic heterocycles. The van der Waals surface area contributed by atoms with Crippen LogP contribution in [0.4, 0.5) is 0 Å². The van der Waals surface area contributed by atoms with E-state index < -0.39 is 5.97 Å². The number of ether oxygens (including phenoxy) is 2. The summed E-state index contributed by atoms with van der Waals surface area (Å²) in [6.45, 7) is 2.13. The van der Waals surface area contributed by atoms with Crippen LogP contribution in [0.5, 0.6) is 11.5 Å². The van der Waals surface area contributed by atoms with Gasteiger partial charge in [-0.1, -0.05) is 6.07 Å². The Bertz CT molecular complexity index is 501. The molecule has 0 aliphatic carbocycles. The van der Waals surface area contributed by atoms with Gasteiger partial charge in [-0.25, -0.2) is 0 Å². The highest BCUT2D eigenvalue weighted by Crippen LogP contribution is 2.27. The molecule has 1 N–H and O–H groups in total. The molecule has 1 rings (SSSR count). The lowest BCUT2D eigenvalue weighted by Gasteiger charge is -2.20. The number of carbonyl (C=O) groups excluding carboxylic acids is 1. The van der Waals surface area contributed by atoms with E-state index in [1.807, 2.05) is 18.2 Å². The third-order valence-electron chi connectivity index (χ3n) is 3.16. The Labute approximate surface area is 124 Å². The van der Waals surface area contributed by atoms with Crippen LogP contribution in [0.25, 0.3) is 0 Å². The molecule has 0 spiro atoms. The van der Waals surface area contributed by atoms with Crippen molar-refractivity contribution in [2.24, 2.45) is 0 Å². The lowest BCUT2D eigenvalue weighted by molar-refractivity contribution is -0.138. The van der Waals surface area contributed by atoms with E-state index in [2.05, 4.69) is 0 Å². The second kappa shape index (κ2) is 8.14. The first-order chi connectivity index (χ1) is 9.97. The second-order valence-corrected chi connectivity index (χ2v) is 4.59. The van der Waals surface area contributed by atoms with Crippen molar-refractivity contribution in [1.82, 2.24) is 4.90 Å². The number of carboxylic acid groups (broad SMARTS) is 1. The number of nitrogens with zero attached hydrogens (tertiary/aromatic N) is 1. The zero-order chi connectivity index (χ0) is 15.8. The van der Waals surface area contributed by atoms with Gasteiger partial charge in [0.1, 0.15) is 0 Å². The van der Waals surface area contributed by atoms with E-state index in [9.17, 15) is 9.59 Å². The quantitative estimate of drug-likeness (QED) is 0.788. The van der Waals surface area contributed by atoms with Crippen LogP contribution in [0, 0.1) is 0 Å². The van der Waals surface area contributed by atoms with Crippen molar-refractivity contribution in [1.29, 1.82) is 0 Å². The minimum absolute atomic E-state index is 0.0501. The molecular weight excluding hydrogens is 274 g/mol. The first-order valence-electron chi connectivity index (χ1n) is 6.66. The van der Waals surface area contributed by atoms with Gasteiger partial charge in [0.05, 0.1) is 20.6 Å². The van der Waals surface area contributed by atoms with E-state index >= 15 is 0 Å². The highest BCUT2D eigenvalue weighted by Gasteiger charge is 2.11. The summed E-state index contributed by atoms with van der Waals surface area (Å²) >= 11 is 0. The molecule has 0 saturated carbocycles. The largest absolute Gasteiger partial charge is 0.493 e. The molecule has 6 nitrogen and oxygen atoms in total. The van der Waals surface area contributed by atoms with E-state index in [4.69, 9.17) is 14.6 Å². The van der Waals surface area contributed by atoms with Crippen LogP contribution in [0.1, 0.15) is 18.9 Å². The summed E-state index contributed by atoms with van der Waals surface area (Å²) in [5.74, 6) is 0.245. The van der Waals surface area contributed by atoms with Gasteiger partial charge in [0.25, 0.3) is 0 Å². The van der Waals surface area contributed by atoms with Crippen LogP contribution >= 0.6 is 0 Å². The van der Waals surface area contributed by atoms with Crippen molar-refractivity contribution in [3.63, 3.8) is 0 Å². The minimum atomic E-state index is -0.910. The van der Waals surface area contributed by atoms with Crippen molar-refractivity contribution >= 4 is 11.9 Å². The summed E-state index contributed by atoms with van der Waals surface area (Å²) in [5, 5.41) is 8.69. The van der Waals surface area contributed by atoms with Gasteiger partial charge in [-0.05, 0) is 24.1 Å². The number of methoxy groups -OCH3 is 2. The molecule has 1 aromatic rings. The summed E-state index contributed by atoms with van der Waals surface area (Å²) in [4.78, 5) is 23.6. The van der Waals surface area contributed by atoms with Gasteiger partial charge in [-0.15, -0.1) is 0 Å². The van der Waals surface area contributed by atoms with Crippen LogP contribution < -0.4 is 9.47 Å². The summed E-state index contributed by atoms with van der Waals surface area (Å²) < 4.78 is 10.4. The molecule has 0 saturated heterocycles. The average Bonchev–Trinajstić information content (AvgIpc) is 2.46. The Kier molecular flexibility index (Phi) is 6.52. The highest BCUT2D eigenvalue weighted by atomic mass is 16.5. The molecule has 0 fully saturated rings. The lowest BCUT2D eigenvalue weighted by atomic mass is 10.1. The summed E-state index contributed by atoms with van der Waals surface area (Å²) in [6, 6.07) is 5.56. The number of hydrogen-bond donors (Lipinski definition) is 1. The normalized spacial score (nSPS) is 10.0. The first kappa shape index (κ1) is 16.8. The summed E-state index contributed by atoms with van der Waals surface area (Å²) in [6.07, 6.45) is 0.574. The molecule has 0 bridgehead atoms. The van der Waals surface area contributed by atoms with Gasteiger partial charge >= 0.3 is 5.97 Å². The molecule has 0 heterocycles. The summed E-state index contributed by atoms with van der Waals surface area (Å²) in [5.41, 5.74) is 0.995. The van der Waals surface area contributed by atoms with Crippen molar-refractivity contribution in [3.8, 4) is 11.5 Å². The highest BCUT2D eigenvalue weighted by molar-refractivity contribution is 5.74. The van der Waals surface area contributed by atoms with Crippen molar-refractivity contribution in [2.75, 3.05) is 27.3 Å². The van der Waals surface area contributed by atoms with E-state index in [-0.39, 0.29) is 18.9 Å². The fraction of sp³-hybridized carbons (Fsp3) is 0.467. The molecule has 6 heteroatoms. The van der Waals surface area contributed by atoms with Crippen LogP contribution in [0.3, 0.4) is 0 Å². The lowest BCUT2D eigenvalue weighted by Crippen LogP contribution is -2.32. The number of benzene rings is 1. The van der Waals surface area contributed by atoms with E-state index in [1.165, 1.54) is 11.8 Å². The van der Waals surface area contributed by atoms with Crippen LogP contribution in [0.15, 0.2) is 18.2 Å². The Morgan fingerprint density at radius 2 is 1.81 bits per heavy atom. The SMILES string of the molecule is COc1ccc(CCN(CCC(=O)O)C(C)=O)cc1OC. The van der Waals surface area contributed by atoms with E-state index in [1.54, 1.807) is 14.2 Å². The number of hydrogen-bond acceptors (Lipinski definition) is 4. The molecule has 0 aromatic heterocycles. The van der Waals surface area contributed by atoms with Gasteiger partial charge in [0, 0.05) is 20.0 Å². The molecule has 21 heavy (non-hydrogen) atoms. The van der Waals surface area contributed by atoms with Gasteiger partial charge in [0.15, 0.2) is 11.5 Å². The standard InChI is InChI=1S/C15H21NO5/c1-11(17)16(9-7-15(18)19)8-6-12-4-5-13(20-2)14(10-12)21-3/h4-5,10H,6-9H2,1-3H3,(H,18,19). The maximum absolute atomic E-state index is 11.5. The van der Waals surface area contributed by atoms with E-state index in [0.29, 0.717) is 24.5 Å². The van der Waals surface area contributed by atoms with Crippen molar-refractivity contribution in [3.05, 3.63) is 23.8 Å². The van der Waals surface area contributed by atoms with E-state index in [0.717, 1.165) is 5.56 Å². The zero-order valence-electron chi connectivity index (χ0n) is 12.6.